The largest absolute Gasteiger partial charge is 0.463 e. The molecule has 0 radical (unpaired) electrons. The fourth-order valence-corrected chi connectivity index (χ4v) is 3.68. The van der Waals surface area contributed by atoms with Gasteiger partial charge in [-0.2, -0.15) is 0 Å². The molecule has 0 fully saturated rings. The maximum absolute atomic E-state index is 13.5. The monoisotopic (exact) mass is 385 g/mol. The second kappa shape index (κ2) is 8.62. The zero-order valence-electron chi connectivity index (χ0n) is 14.6. The number of ether oxygens (including phenoxy) is 1. The molecule has 0 spiro atoms. The van der Waals surface area contributed by atoms with Crippen LogP contribution < -0.4 is 5.32 Å². The minimum absolute atomic E-state index is 0.156. The highest BCUT2D eigenvalue weighted by Crippen LogP contribution is 2.35. The molecule has 2 rings (SSSR count). The van der Waals surface area contributed by atoms with Gasteiger partial charge >= 0.3 is 0 Å². The van der Waals surface area contributed by atoms with Gasteiger partial charge in [0.2, 0.25) is 0 Å². The molecule has 2 aromatic rings. The number of nitrogens with zero attached hydrogens (tertiary/aromatic N) is 2. The predicted octanol–water partition coefficient (Wildman–Crippen LogP) is 4.48. The van der Waals surface area contributed by atoms with Gasteiger partial charge in [-0.05, 0) is 37.2 Å². The van der Waals surface area contributed by atoms with Gasteiger partial charge in [0, 0.05) is 24.6 Å². The van der Waals surface area contributed by atoms with Crippen molar-refractivity contribution in [3.05, 3.63) is 41.4 Å². The second-order valence-electron chi connectivity index (χ2n) is 5.65. The fraction of sp³-hybridized carbons (Fsp3) is 0.412. The Morgan fingerprint density at radius 2 is 1.96 bits per heavy atom. The zero-order valence-corrected chi connectivity index (χ0v) is 16.2. The molecule has 1 aromatic heterocycles. The third-order valence-electron chi connectivity index (χ3n) is 3.48. The van der Waals surface area contributed by atoms with E-state index in [9.17, 15) is 8.78 Å². The van der Waals surface area contributed by atoms with Crippen LogP contribution in [0.4, 0.5) is 8.78 Å². The van der Waals surface area contributed by atoms with Crippen molar-refractivity contribution in [3.63, 3.8) is 0 Å². The molecule has 8 heteroatoms. The van der Waals surface area contributed by atoms with Crippen LogP contribution in [0.15, 0.2) is 28.1 Å². The molecule has 0 aliphatic heterocycles. The fourth-order valence-electron chi connectivity index (χ4n) is 2.32. The number of benzene rings is 1. The highest BCUT2D eigenvalue weighted by molar-refractivity contribution is 7.99. The Morgan fingerprint density at radius 1 is 1.32 bits per heavy atom. The van der Waals surface area contributed by atoms with Crippen molar-refractivity contribution in [3.8, 4) is 0 Å². The van der Waals surface area contributed by atoms with Gasteiger partial charge in [0.05, 0.1) is 5.69 Å². The third kappa shape index (κ3) is 4.92. The molecule has 0 unspecified atom stereocenters. The van der Waals surface area contributed by atoms with Crippen molar-refractivity contribution in [2.45, 2.75) is 49.8 Å². The molecule has 1 N–H and O–H groups in total. The molecule has 0 saturated carbocycles. The van der Waals surface area contributed by atoms with Crippen molar-refractivity contribution in [1.29, 1.82) is 0 Å². The quantitative estimate of drug-likeness (QED) is 0.743. The van der Waals surface area contributed by atoms with E-state index in [1.165, 1.54) is 23.9 Å². The summed E-state index contributed by atoms with van der Waals surface area (Å²) in [6, 6.07) is 3.50. The first kappa shape index (κ1) is 19.7. The summed E-state index contributed by atoms with van der Waals surface area (Å²) >= 11 is 6.30. The smallest absolute Gasteiger partial charge is 0.256 e. The van der Waals surface area contributed by atoms with E-state index in [-0.39, 0.29) is 17.7 Å². The van der Waals surface area contributed by atoms with E-state index in [1.54, 1.807) is 7.05 Å². The highest BCUT2D eigenvalue weighted by Gasteiger charge is 2.20. The molecule has 1 heterocycles. The van der Waals surface area contributed by atoms with Crippen LogP contribution in [-0.4, -0.2) is 21.8 Å². The standard InChI is InChI=1S/C17H21F2N3OS2/c1-5-22-14(9-23-17(24)20-4)21-15(10(2)3)16(22)25-13-7-11(18)6-12(19)8-13/h6-8,10H,5,9H2,1-4H3,(H,20,24). The maximum Gasteiger partial charge on any atom is 0.256 e. The van der Waals surface area contributed by atoms with Gasteiger partial charge in [-0.15, -0.1) is 0 Å². The molecule has 1 aromatic carbocycles. The van der Waals surface area contributed by atoms with Crippen LogP contribution in [0.5, 0.6) is 0 Å². The molecule has 4 nitrogen and oxygen atoms in total. The number of nitrogens with one attached hydrogen (secondary N) is 1. The Bertz CT molecular complexity index is 742. The lowest BCUT2D eigenvalue weighted by molar-refractivity contribution is 0.272. The summed E-state index contributed by atoms with van der Waals surface area (Å²) in [7, 11) is 1.69. The van der Waals surface area contributed by atoms with E-state index >= 15 is 0 Å². The Labute approximate surface area is 156 Å². The second-order valence-corrected chi connectivity index (χ2v) is 7.08. The van der Waals surface area contributed by atoms with Crippen LogP contribution in [0.2, 0.25) is 0 Å². The molecule has 0 aliphatic rings. The zero-order chi connectivity index (χ0) is 18.6. The first-order chi connectivity index (χ1) is 11.8. The molecular formula is C17H21F2N3OS2. The minimum atomic E-state index is -0.598. The Balaban J connectivity index is 2.40. The van der Waals surface area contributed by atoms with Crippen LogP contribution in [-0.2, 0) is 17.9 Å². The van der Waals surface area contributed by atoms with Gasteiger partial charge in [-0.3, -0.25) is 0 Å². The molecule has 0 saturated heterocycles. The minimum Gasteiger partial charge on any atom is -0.463 e. The van der Waals surface area contributed by atoms with E-state index in [0.717, 1.165) is 22.6 Å². The van der Waals surface area contributed by atoms with Crippen molar-refractivity contribution >= 4 is 29.2 Å². The van der Waals surface area contributed by atoms with Gasteiger partial charge in [-0.1, -0.05) is 25.6 Å². The molecular weight excluding hydrogens is 364 g/mol. The summed E-state index contributed by atoms with van der Waals surface area (Å²) in [6.45, 7) is 6.93. The SMILES string of the molecule is CCn1c(COC(=S)NC)nc(C(C)C)c1Sc1cc(F)cc(F)c1. The van der Waals surface area contributed by atoms with Crippen LogP contribution >= 0.6 is 24.0 Å². The van der Waals surface area contributed by atoms with E-state index in [0.29, 0.717) is 11.4 Å². The lowest BCUT2D eigenvalue weighted by Crippen LogP contribution is -2.19. The van der Waals surface area contributed by atoms with Crippen LogP contribution in [0.3, 0.4) is 0 Å². The molecule has 0 aliphatic carbocycles. The summed E-state index contributed by atoms with van der Waals surface area (Å²) in [5.41, 5.74) is 0.866. The van der Waals surface area contributed by atoms with Gasteiger partial charge in [0.1, 0.15) is 29.1 Å². The third-order valence-corrected chi connectivity index (χ3v) is 4.89. The number of imidazole rings is 1. The van der Waals surface area contributed by atoms with E-state index in [1.807, 2.05) is 25.3 Å². The Kier molecular flexibility index (Phi) is 6.78. The lowest BCUT2D eigenvalue weighted by atomic mass is 10.1. The summed E-state index contributed by atoms with van der Waals surface area (Å²) in [4.78, 5) is 5.16. The normalized spacial score (nSPS) is 11.0. The topological polar surface area (TPSA) is 39.1 Å². The van der Waals surface area contributed by atoms with Gasteiger partial charge in [0.15, 0.2) is 0 Å². The summed E-state index contributed by atoms with van der Waals surface area (Å²) in [5.74, 6) is -0.315. The molecule has 0 bridgehead atoms. The summed E-state index contributed by atoms with van der Waals surface area (Å²) in [5, 5.41) is 3.90. The first-order valence-corrected chi connectivity index (χ1v) is 9.15. The number of aromatic nitrogens is 2. The Hall–Kier alpha value is -1.67. The maximum atomic E-state index is 13.5. The van der Waals surface area contributed by atoms with Crippen molar-refractivity contribution in [2.75, 3.05) is 7.05 Å². The van der Waals surface area contributed by atoms with Crippen molar-refractivity contribution in [2.24, 2.45) is 0 Å². The van der Waals surface area contributed by atoms with Crippen molar-refractivity contribution < 1.29 is 13.5 Å². The Morgan fingerprint density at radius 3 is 2.48 bits per heavy atom. The average Bonchev–Trinajstić information content (AvgIpc) is 2.89. The number of thiocarbonyl (C=S) groups is 1. The summed E-state index contributed by atoms with van der Waals surface area (Å²) < 4.78 is 34.5. The van der Waals surface area contributed by atoms with Gasteiger partial charge < -0.3 is 14.6 Å². The molecule has 136 valence electrons. The first-order valence-electron chi connectivity index (χ1n) is 7.93. The summed E-state index contributed by atoms with van der Waals surface area (Å²) in [6.07, 6.45) is 0. The van der Waals surface area contributed by atoms with Crippen LogP contribution in [0.25, 0.3) is 0 Å². The van der Waals surface area contributed by atoms with Crippen LogP contribution in [0.1, 0.15) is 38.2 Å². The predicted molar refractivity (Wildman–Crippen MR) is 98.9 cm³/mol. The highest BCUT2D eigenvalue weighted by atomic mass is 32.2. The van der Waals surface area contributed by atoms with E-state index < -0.39 is 11.6 Å². The van der Waals surface area contributed by atoms with Gasteiger partial charge in [-0.25, -0.2) is 13.8 Å². The number of hydrogen-bond acceptors (Lipinski definition) is 4. The number of hydrogen-bond donors (Lipinski definition) is 1. The van der Waals surface area contributed by atoms with Crippen LogP contribution in [0, 0.1) is 11.6 Å². The molecule has 0 atom stereocenters. The number of rotatable bonds is 6. The molecule has 25 heavy (non-hydrogen) atoms. The van der Waals surface area contributed by atoms with Crippen molar-refractivity contribution in [1.82, 2.24) is 14.9 Å². The van der Waals surface area contributed by atoms with Gasteiger partial charge in [0.25, 0.3) is 5.17 Å². The lowest BCUT2D eigenvalue weighted by Gasteiger charge is -2.12. The van der Waals surface area contributed by atoms with E-state index in [4.69, 9.17) is 17.0 Å². The van der Waals surface area contributed by atoms with E-state index in [2.05, 4.69) is 10.3 Å². The number of halogens is 2. The molecule has 0 amide bonds. The average molecular weight is 386 g/mol.